The van der Waals surface area contributed by atoms with Crippen molar-refractivity contribution in [1.82, 2.24) is 9.97 Å². The lowest BCUT2D eigenvalue weighted by Crippen LogP contribution is -2.11. The van der Waals surface area contributed by atoms with Crippen molar-refractivity contribution in [3.05, 3.63) is 29.1 Å². The maximum absolute atomic E-state index is 6.11. The fraction of sp³-hybridized carbons (Fsp3) is 0.455. The van der Waals surface area contributed by atoms with E-state index in [-0.39, 0.29) is 0 Å². The number of aryl methyl sites for hydroxylation is 1. The van der Waals surface area contributed by atoms with E-state index < -0.39 is 0 Å². The van der Waals surface area contributed by atoms with E-state index in [4.69, 9.17) is 11.6 Å². The first-order valence-electron chi connectivity index (χ1n) is 5.21. The monoisotopic (exact) mass is 223 g/mol. The minimum atomic E-state index is 0.603. The smallest absolute Gasteiger partial charge is 0.224 e. The molecule has 1 aliphatic rings. The van der Waals surface area contributed by atoms with Crippen LogP contribution in [-0.4, -0.2) is 16.5 Å². The Balaban J connectivity index is 2.27. The number of anilines is 1. The number of rotatable bonds is 3. The Morgan fingerprint density at radius 1 is 1.33 bits per heavy atom. The van der Waals surface area contributed by atoms with Crippen molar-refractivity contribution in [2.45, 2.75) is 25.7 Å². The number of aromatic nitrogens is 2. The summed E-state index contributed by atoms with van der Waals surface area (Å²) in [6.45, 7) is 4.30. The molecule has 80 valence electrons. The molecular formula is C11H14ClN3. The fourth-order valence-corrected chi connectivity index (χ4v) is 2.07. The lowest BCUT2D eigenvalue weighted by Gasteiger charge is -2.16. The molecule has 1 aromatic heterocycles. The first-order valence-corrected chi connectivity index (χ1v) is 5.59. The molecule has 0 aromatic carbocycles. The third-order valence-electron chi connectivity index (χ3n) is 2.54. The Labute approximate surface area is 94.6 Å². The number of fused-ring (bicyclic) bond motifs is 1. The Morgan fingerprint density at radius 2 is 2.13 bits per heavy atom. The van der Waals surface area contributed by atoms with Gasteiger partial charge < -0.3 is 5.32 Å². The van der Waals surface area contributed by atoms with Gasteiger partial charge in [0.15, 0.2) is 0 Å². The van der Waals surface area contributed by atoms with E-state index in [1.807, 2.05) is 0 Å². The molecule has 0 unspecified atom stereocenters. The molecule has 0 saturated heterocycles. The van der Waals surface area contributed by atoms with Gasteiger partial charge in [-0.2, -0.15) is 0 Å². The zero-order valence-corrected chi connectivity index (χ0v) is 9.35. The number of halogens is 1. The Hall–Kier alpha value is -1.09. The van der Waals surface area contributed by atoms with Crippen molar-refractivity contribution in [3.63, 3.8) is 0 Å². The van der Waals surface area contributed by atoms with Gasteiger partial charge in [0.05, 0.1) is 5.69 Å². The van der Waals surface area contributed by atoms with Gasteiger partial charge in [-0.25, -0.2) is 9.97 Å². The largest absolute Gasteiger partial charge is 0.351 e. The van der Waals surface area contributed by atoms with Crippen LogP contribution < -0.4 is 5.32 Å². The average Bonchev–Trinajstić information content (AvgIpc) is 2.26. The quantitative estimate of drug-likeness (QED) is 0.632. The zero-order chi connectivity index (χ0) is 10.7. The fourth-order valence-electron chi connectivity index (χ4n) is 1.79. The summed E-state index contributed by atoms with van der Waals surface area (Å²) in [4.78, 5) is 8.68. The predicted molar refractivity (Wildman–Crippen MR) is 62.4 cm³/mol. The van der Waals surface area contributed by atoms with E-state index in [1.165, 1.54) is 12.8 Å². The maximum atomic E-state index is 6.11. The summed E-state index contributed by atoms with van der Waals surface area (Å²) in [5, 5.41) is 3.66. The van der Waals surface area contributed by atoms with Crippen molar-refractivity contribution in [2.75, 3.05) is 11.9 Å². The Bertz CT molecular complexity index is 376. The van der Waals surface area contributed by atoms with E-state index in [1.54, 1.807) is 6.08 Å². The molecule has 0 fully saturated rings. The standard InChI is InChI=1S/C11H14ClN3/c1-2-7-13-11-14-9-6-4-3-5-8(9)10(12)15-11/h2H,1,3-7H2,(H,13,14,15). The lowest BCUT2D eigenvalue weighted by molar-refractivity contribution is 0.663. The van der Waals surface area contributed by atoms with Gasteiger partial charge in [0.25, 0.3) is 0 Å². The van der Waals surface area contributed by atoms with Crippen molar-refractivity contribution < 1.29 is 0 Å². The van der Waals surface area contributed by atoms with Crippen LogP contribution in [-0.2, 0) is 12.8 Å². The number of hydrogen-bond donors (Lipinski definition) is 1. The summed E-state index contributed by atoms with van der Waals surface area (Å²) in [5.41, 5.74) is 2.24. The number of hydrogen-bond acceptors (Lipinski definition) is 3. The van der Waals surface area contributed by atoms with Gasteiger partial charge in [0, 0.05) is 12.1 Å². The van der Waals surface area contributed by atoms with Crippen LogP contribution in [0.1, 0.15) is 24.1 Å². The molecule has 15 heavy (non-hydrogen) atoms. The third-order valence-corrected chi connectivity index (χ3v) is 2.85. The molecule has 0 bridgehead atoms. The number of nitrogens with zero attached hydrogens (tertiary/aromatic N) is 2. The molecule has 0 atom stereocenters. The summed E-state index contributed by atoms with van der Waals surface area (Å²) in [6, 6.07) is 0. The Kier molecular flexibility index (Phi) is 3.21. The van der Waals surface area contributed by atoms with E-state index >= 15 is 0 Å². The van der Waals surface area contributed by atoms with Gasteiger partial charge in [-0.1, -0.05) is 17.7 Å². The molecule has 1 aliphatic carbocycles. The molecule has 0 saturated carbocycles. The summed E-state index contributed by atoms with van der Waals surface area (Å²) >= 11 is 6.11. The highest BCUT2D eigenvalue weighted by atomic mass is 35.5. The van der Waals surface area contributed by atoms with Crippen molar-refractivity contribution in [2.24, 2.45) is 0 Å². The number of nitrogens with one attached hydrogen (secondary N) is 1. The molecule has 4 heteroatoms. The first-order chi connectivity index (χ1) is 7.31. The summed E-state index contributed by atoms with van der Waals surface area (Å²) < 4.78 is 0. The highest BCUT2D eigenvalue weighted by Crippen LogP contribution is 2.26. The van der Waals surface area contributed by atoms with Gasteiger partial charge >= 0.3 is 0 Å². The molecule has 2 rings (SSSR count). The van der Waals surface area contributed by atoms with Gasteiger partial charge in [0.1, 0.15) is 5.15 Å². The van der Waals surface area contributed by atoms with Crippen molar-refractivity contribution >= 4 is 17.5 Å². The molecule has 1 aromatic rings. The van der Waals surface area contributed by atoms with Crippen LogP contribution in [0.5, 0.6) is 0 Å². The Morgan fingerprint density at radius 3 is 2.93 bits per heavy atom. The van der Waals surface area contributed by atoms with Gasteiger partial charge in [-0.05, 0) is 25.7 Å². The maximum Gasteiger partial charge on any atom is 0.224 e. The normalized spacial score (nSPS) is 14.5. The highest BCUT2D eigenvalue weighted by Gasteiger charge is 2.16. The zero-order valence-electron chi connectivity index (χ0n) is 8.59. The molecule has 3 nitrogen and oxygen atoms in total. The summed E-state index contributed by atoms with van der Waals surface area (Å²) in [6.07, 6.45) is 6.18. The van der Waals surface area contributed by atoms with Crippen LogP contribution >= 0.6 is 11.6 Å². The molecule has 0 amide bonds. The van der Waals surface area contributed by atoms with E-state index in [2.05, 4.69) is 21.9 Å². The van der Waals surface area contributed by atoms with Crippen LogP contribution in [0, 0.1) is 0 Å². The topological polar surface area (TPSA) is 37.8 Å². The van der Waals surface area contributed by atoms with Gasteiger partial charge in [0.2, 0.25) is 5.95 Å². The van der Waals surface area contributed by atoms with Crippen molar-refractivity contribution in [3.8, 4) is 0 Å². The molecule has 0 spiro atoms. The predicted octanol–water partition coefficient (Wildman–Crippen LogP) is 2.61. The average molecular weight is 224 g/mol. The third kappa shape index (κ3) is 2.29. The van der Waals surface area contributed by atoms with Crippen LogP contribution in [0.4, 0.5) is 5.95 Å². The van der Waals surface area contributed by atoms with Crippen LogP contribution in [0.25, 0.3) is 0 Å². The highest BCUT2D eigenvalue weighted by molar-refractivity contribution is 6.30. The van der Waals surface area contributed by atoms with E-state index in [0.29, 0.717) is 17.6 Å². The second-order valence-electron chi connectivity index (χ2n) is 3.64. The second kappa shape index (κ2) is 4.62. The first kappa shape index (κ1) is 10.4. The minimum absolute atomic E-state index is 0.603. The second-order valence-corrected chi connectivity index (χ2v) is 4.00. The molecule has 0 aliphatic heterocycles. The SMILES string of the molecule is C=CCNc1nc(Cl)c2c(n1)CCCC2. The van der Waals surface area contributed by atoms with Crippen LogP contribution in [0.15, 0.2) is 12.7 Å². The minimum Gasteiger partial charge on any atom is -0.351 e. The van der Waals surface area contributed by atoms with Crippen molar-refractivity contribution in [1.29, 1.82) is 0 Å². The van der Waals surface area contributed by atoms with E-state index in [9.17, 15) is 0 Å². The van der Waals surface area contributed by atoms with Crippen LogP contribution in [0.3, 0.4) is 0 Å². The lowest BCUT2D eigenvalue weighted by atomic mass is 9.97. The molecular weight excluding hydrogens is 210 g/mol. The molecule has 0 radical (unpaired) electrons. The molecule has 1 N–H and O–H groups in total. The van der Waals surface area contributed by atoms with Crippen LogP contribution in [0.2, 0.25) is 5.15 Å². The van der Waals surface area contributed by atoms with Gasteiger partial charge in [-0.3, -0.25) is 0 Å². The van der Waals surface area contributed by atoms with Gasteiger partial charge in [-0.15, -0.1) is 6.58 Å². The summed E-state index contributed by atoms with van der Waals surface area (Å²) in [5.74, 6) is 0.612. The molecule has 1 heterocycles. The van der Waals surface area contributed by atoms with E-state index in [0.717, 1.165) is 24.1 Å². The summed E-state index contributed by atoms with van der Waals surface area (Å²) in [7, 11) is 0.